The monoisotopic (exact) mass is 313 g/mol. The fourth-order valence-corrected chi connectivity index (χ4v) is 4.18. The van der Waals surface area contributed by atoms with Crippen molar-refractivity contribution in [2.24, 2.45) is 23.7 Å². The van der Waals surface area contributed by atoms with Crippen LogP contribution in [0.15, 0.2) is 30.3 Å². The van der Waals surface area contributed by atoms with Gasteiger partial charge >= 0.3 is 5.97 Å². The molecule has 0 aromatic heterocycles. The molecule has 2 atom stereocenters. The van der Waals surface area contributed by atoms with Crippen LogP contribution in [-0.4, -0.2) is 35.0 Å². The Labute approximate surface area is 136 Å². The fourth-order valence-electron chi connectivity index (χ4n) is 4.18. The fraction of sp³-hybridized carbons (Fsp3) is 0.579. The van der Waals surface area contributed by atoms with Gasteiger partial charge in [0.05, 0.1) is 5.92 Å². The summed E-state index contributed by atoms with van der Waals surface area (Å²) in [7, 11) is 0. The third kappa shape index (κ3) is 2.87. The van der Waals surface area contributed by atoms with Crippen molar-refractivity contribution >= 4 is 11.9 Å². The molecule has 23 heavy (non-hydrogen) atoms. The highest BCUT2D eigenvalue weighted by Crippen LogP contribution is 2.50. The lowest BCUT2D eigenvalue weighted by atomic mass is 9.89. The first kappa shape index (κ1) is 14.7. The summed E-state index contributed by atoms with van der Waals surface area (Å²) in [6.07, 6.45) is 4.69. The average molecular weight is 313 g/mol. The van der Waals surface area contributed by atoms with Crippen molar-refractivity contribution in [3.63, 3.8) is 0 Å². The highest BCUT2D eigenvalue weighted by atomic mass is 16.4. The molecular weight excluding hydrogens is 290 g/mol. The number of carbonyl (C=O) groups excluding carboxylic acids is 1. The lowest BCUT2D eigenvalue weighted by Gasteiger charge is -2.23. The van der Waals surface area contributed by atoms with Gasteiger partial charge in [-0.25, -0.2) is 0 Å². The zero-order chi connectivity index (χ0) is 16.0. The van der Waals surface area contributed by atoms with Crippen molar-refractivity contribution < 1.29 is 14.7 Å². The van der Waals surface area contributed by atoms with Crippen LogP contribution in [0, 0.1) is 23.7 Å². The van der Waals surface area contributed by atoms with Crippen molar-refractivity contribution in [1.82, 2.24) is 4.90 Å². The molecule has 0 spiro atoms. The van der Waals surface area contributed by atoms with Gasteiger partial charge in [0.15, 0.2) is 0 Å². The number of aliphatic carboxylic acids is 1. The molecule has 1 amide bonds. The molecule has 4 heteroatoms. The van der Waals surface area contributed by atoms with Gasteiger partial charge in [-0.1, -0.05) is 30.3 Å². The second kappa shape index (κ2) is 5.66. The lowest BCUT2D eigenvalue weighted by Crippen LogP contribution is -2.37. The van der Waals surface area contributed by atoms with E-state index >= 15 is 0 Å². The molecule has 2 aliphatic carbocycles. The van der Waals surface area contributed by atoms with E-state index in [9.17, 15) is 14.7 Å². The number of likely N-dealkylation sites (tertiary alicyclic amines) is 1. The first-order chi connectivity index (χ1) is 11.1. The number of carboxylic acid groups (broad SMARTS) is 1. The Kier molecular flexibility index (Phi) is 3.63. The smallest absolute Gasteiger partial charge is 0.308 e. The minimum absolute atomic E-state index is 0.0864. The molecule has 1 aromatic rings. The van der Waals surface area contributed by atoms with Crippen molar-refractivity contribution in [3.05, 3.63) is 35.9 Å². The number of hydrogen-bond donors (Lipinski definition) is 1. The Hall–Kier alpha value is -1.84. The summed E-state index contributed by atoms with van der Waals surface area (Å²) in [6.45, 7) is 0.916. The van der Waals surface area contributed by atoms with E-state index in [1.165, 1.54) is 25.7 Å². The van der Waals surface area contributed by atoms with Crippen LogP contribution in [0.2, 0.25) is 0 Å². The van der Waals surface area contributed by atoms with Gasteiger partial charge in [-0.2, -0.15) is 0 Å². The van der Waals surface area contributed by atoms with Crippen LogP contribution in [-0.2, 0) is 9.59 Å². The summed E-state index contributed by atoms with van der Waals surface area (Å²) >= 11 is 0. The van der Waals surface area contributed by atoms with E-state index in [1.54, 1.807) is 0 Å². The molecule has 1 saturated heterocycles. The summed E-state index contributed by atoms with van der Waals surface area (Å²) in [6, 6.07) is 9.78. The van der Waals surface area contributed by atoms with E-state index < -0.39 is 11.9 Å². The van der Waals surface area contributed by atoms with Crippen LogP contribution in [0.1, 0.15) is 37.2 Å². The number of rotatable bonds is 5. The highest BCUT2D eigenvalue weighted by molar-refractivity contribution is 5.82. The third-order valence-corrected chi connectivity index (χ3v) is 5.72. The second-order valence-electron chi connectivity index (χ2n) is 7.41. The van der Waals surface area contributed by atoms with Crippen LogP contribution in [0.3, 0.4) is 0 Å². The zero-order valence-electron chi connectivity index (χ0n) is 13.2. The topological polar surface area (TPSA) is 57.6 Å². The van der Waals surface area contributed by atoms with Crippen molar-refractivity contribution in [2.45, 2.75) is 31.6 Å². The van der Waals surface area contributed by atoms with E-state index in [2.05, 4.69) is 0 Å². The molecule has 4 nitrogen and oxygen atoms in total. The maximum atomic E-state index is 13.0. The van der Waals surface area contributed by atoms with Gasteiger partial charge in [0.1, 0.15) is 0 Å². The van der Waals surface area contributed by atoms with Crippen LogP contribution in [0.5, 0.6) is 0 Å². The van der Waals surface area contributed by atoms with Gasteiger partial charge in [0, 0.05) is 24.9 Å². The van der Waals surface area contributed by atoms with Crippen LogP contribution in [0.4, 0.5) is 0 Å². The van der Waals surface area contributed by atoms with Gasteiger partial charge in [-0.15, -0.1) is 0 Å². The summed E-state index contributed by atoms with van der Waals surface area (Å²) in [4.78, 5) is 26.5. The molecule has 122 valence electrons. The third-order valence-electron chi connectivity index (χ3n) is 5.72. The minimum Gasteiger partial charge on any atom is -0.481 e. The van der Waals surface area contributed by atoms with E-state index in [1.807, 2.05) is 35.2 Å². The molecule has 0 radical (unpaired) electrons. The molecule has 1 aliphatic heterocycles. The molecule has 1 heterocycles. The predicted octanol–water partition coefficient (Wildman–Crippen LogP) is 2.75. The average Bonchev–Trinajstić information content (AvgIpc) is 3.48. The molecule has 4 rings (SSSR count). The number of amides is 1. The molecule has 2 saturated carbocycles. The number of hydrogen-bond acceptors (Lipinski definition) is 2. The maximum absolute atomic E-state index is 13.0. The Balaban J connectivity index is 1.54. The van der Waals surface area contributed by atoms with Gasteiger partial charge in [-0.05, 0) is 43.1 Å². The van der Waals surface area contributed by atoms with E-state index in [0.717, 1.165) is 5.56 Å². The van der Waals surface area contributed by atoms with Crippen LogP contribution in [0.25, 0.3) is 0 Å². The lowest BCUT2D eigenvalue weighted by molar-refractivity contribution is -0.142. The quantitative estimate of drug-likeness (QED) is 0.909. The van der Waals surface area contributed by atoms with E-state index in [0.29, 0.717) is 24.9 Å². The largest absolute Gasteiger partial charge is 0.481 e. The van der Waals surface area contributed by atoms with Gasteiger partial charge < -0.3 is 10.0 Å². The summed E-state index contributed by atoms with van der Waals surface area (Å²) in [5.74, 6) is 0.155. The first-order valence-corrected chi connectivity index (χ1v) is 8.71. The molecule has 3 fully saturated rings. The van der Waals surface area contributed by atoms with Gasteiger partial charge in [-0.3, -0.25) is 9.59 Å². The van der Waals surface area contributed by atoms with E-state index in [4.69, 9.17) is 0 Å². The van der Waals surface area contributed by atoms with Gasteiger partial charge in [0.2, 0.25) is 5.91 Å². The normalized spacial score (nSPS) is 27.4. The molecule has 1 aromatic carbocycles. The van der Waals surface area contributed by atoms with Gasteiger partial charge in [0.25, 0.3) is 0 Å². The molecule has 1 N–H and O–H groups in total. The Morgan fingerprint density at radius 3 is 2.13 bits per heavy atom. The van der Waals surface area contributed by atoms with Crippen LogP contribution < -0.4 is 0 Å². The Bertz CT molecular complexity index is 594. The highest BCUT2D eigenvalue weighted by Gasteiger charge is 2.49. The molecule has 0 bridgehead atoms. The Morgan fingerprint density at radius 2 is 1.61 bits per heavy atom. The number of carbonyl (C=O) groups is 2. The van der Waals surface area contributed by atoms with Crippen molar-refractivity contribution in [3.8, 4) is 0 Å². The standard InChI is InChI=1S/C19H23NO3/c21-18(17(13-6-7-13)14-8-9-14)20-10-15(16(11-20)19(22)23)12-4-2-1-3-5-12/h1-5,13-17H,6-11H2,(H,22,23)/t15-,16-/m1/s1. The molecule has 3 aliphatic rings. The minimum atomic E-state index is -0.788. The van der Waals surface area contributed by atoms with E-state index in [-0.39, 0.29) is 17.7 Å². The summed E-state index contributed by atoms with van der Waals surface area (Å²) in [5.41, 5.74) is 1.03. The number of nitrogens with zero attached hydrogens (tertiary/aromatic N) is 1. The summed E-state index contributed by atoms with van der Waals surface area (Å²) < 4.78 is 0. The molecule has 0 unspecified atom stereocenters. The van der Waals surface area contributed by atoms with Crippen molar-refractivity contribution in [2.75, 3.05) is 13.1 Å². The Morgan fingerprint density at radius 1 is 1.00 bits per heavy atom. The first-order valence-electron chi connectivity index (χ1n) is 8.71. The summed E-state index contributed by atoms with van der Waals surface area (Å²) in [5, 5.41) is 9.59. The molecular formula is C19H23NO3. The predicted molar refractivity (Wildman–Crippen MR) is 85.8 cm³/mol. The number of benzene rings is 1. The SMILES string of the molecule is O=C(O)[C@@H]1CN(C(=O)C(C2CC2)C2CC2)C[C@@H]1c1ccccc1. The number of carboxylic acids is 1. The zero-order valence-corrected chi connectivity index (χ0v) is 13.2. The van der Waals surface area contributed by atoms with Crippen LogP contribution >= 0.6 is 0 Å². The second-order valence-corrected chi connectivity index (χ2v) is 7.41. The maximum Gasteiger partial charge on any atom is 0.308 e. The van der Waals surface area contributed by atoms with Crippen molar-refractivity contribution in [1.29, 1.82) is 0 Å².